The number of nitrogens with one attached hydrogen (secondary N) is 2. The third-order valence-electron chi connectivity index (χ3n) is 5.97. The molecule has 0 aliphatic rings. The van der Waals surface area contributed by atoms with Crippen molar-refractivity contribution >= 4 is 23.8 Å². The van der Waals surface area contributed by atoms with E-state index in [1.807, 2.05) is 20.8 Å². The van der Waals surface area contributed by atoms with E-state index in [2.05, 4.69) is 17.6 Å². The molecule has 1 rings (SSSR count). The van der Waals surface area contributed by atoms with Crippen LogP contribution in [0.4, 0.5) is 4.79 Å². The van der Waals surface area contributed by atoms with Crippen molar-refractivity contribution in [2.24, 2.45) is 5.73 Å². The van der Waals surface area contributed by atoms with E-state index in [-0.39, 0.29) is 25.1 Å². The average Bonchev–Trinajstić information content (AvgIpc) is 2.81. The zero-order valence-electron chi connectivity index (χ0n) is 25.3. The van der Waals surface area contributed by atoms with Crippen LogP contribution in [-0.2, 0) is 19.1 Å². The molecule has 0 saturated carbocycles. The summed E-state index contributed by atoms with van der Waals surface area (Å²) in [6.45, 7) is 13.0. The lowest BCUT2D eigenvalue weighted by molar-refractivity contribution is -0.143. The second kappa shape index (κ2) is 16.1. The van der Waals surface area contributed by atoms with Crippen LogP contribution < -0.4 is 16.4 Å². The molecule has 2 atom stereocenters. The number of nitrogens with zero attached hydrogens (tertiary/aromatic N) is 1. The summed E-state index contributed by atoms with van der Waals surface area (Å²) in [4.78, 5) is 53.6. The van der Waals surface area contributed by atoms with Gasteiger partial charge in [0.05, 0.1) is 0 Å². The van der Waals surface area contributed by atoms with Gasteiger partial charge in [-0.2, -0.15) is 0 Å². The first-order valence-corrected chi connectivity index (χ1v) is 14.2. The molecule has 0 bridgehead atoms. The van der Waals surface area contributed by atoms with Crippen molar-refractivity contribution in [3.63, 3.8) is 0 Å². The van der Waals surface area contributed by atoms with Gasteiger partial charge in [-0.05, 0) is 72.1 Å². The fourth-order valence-electron chi connectivity index (χ4n) is 4.19. The predicted molar refractivity (Wildman–Crippen MR) is 155 cm³/mol. The molecule has 0 fully saturated rings. The lowest BCUT2D eigenvalue weighted by Crippen LogP contribution is -2.55. The van der Waals surface area contributed by atoms with Crippen molar-refractivity contribution in [1.82, 2.24) is 15.5 Å². The summed E-state index contributed by atoms with van der Waals surface area (Å²) >= 11 is 0. The molecule has 0 saturated heterocycles. The van der Waals surface area contributed by atoms with Crippen LogP contribution in [0.3, 0.4) is 0 Å². The highest BCUT2D eigenvalue weighted by Crippen LogP contribution is 2.27. The molecule has 0 heterocycles. The van der Waals surface area contributed by atoms with Crippen LogP contribution in [-0.4, -0.2) is 57.5 Å². The number of primary amides is 1. The third kappa shape index (κ3) is 13.7. The zero-order chi connectivity index (χ0) is 30.5. The molecule has 0 aliphatic heterocycles. The minimum atomic E-state index is -1.15. The van der Waals surface area contributed by atoms with Gasteiger partial charge in [0.15, 0.2) is 0 Å². The highest BCUT2D eigenvalue weighted by Gasteiger charge is 2.37. The van der Waals surface area contributed by atoms with Crippen LogP contribution in [0.15, 0.2) is 24.3 Å². The smallest absolute Gasteiger partial charge is 0.408 e. The Labute approximate surface area is 239 Å². The number of phenolic OH excluding ortho intramolecular Hbond substituents is 1. The van der Waals surface area contributed by atoms with Crippen molar-refractivity contribution in [3.8, 4) is 5.75 Å². The van der Waals surface area contributed by atoms with Crippen LogP contribution in [0.2, 0.25) is 0 Å². The molecule has 0 aromatic heterocycles. The summed E-state index contributed by atoms with van der Waals surface area (Å²) in [5.41, 5.74) is 4.49. The first kappa shape index (κ1) is 34.7. The van der Waals surface area contributed by atoms with E-state index >= 15 is 0 Å². The molecular weight excluding hydrogens is 512 g/mol. The summed E-state index contributed by atoms with van der Waals surface area (Å²) in [7, 11) is 0. The Hall–Kier alpha value is -3.30. The molecule has 10 nitrogen and oxygen atoms in total. The van der Waals surface area contributed by atoms with Crippen LogP contribution in [0.5, 0.6) is 5.75 Å². The Bertz CT molecular complexity index is 966. The molecule has 0 spiro atoms. The quantitative estimate of drug-likeness (QED) is 0.228. The van der Waals surface area contributed by atoms with Gasteiger partial charge in [0.2, 0.25) is 17.7 Å². The maximum Gasteiger partial charge on any atom is 0.408 e. The van der Waals surface area contributed by atoms with E-state index in [0.717, 1.165) is 32.1 Å². The number of aromatic hydroxyl groups is 1. The van der Waals surface area contributed by atoms with Crippen LogP contribution >= 0.6 is 0 Å². The van der Waals surface area contributed by atoms with Gasteiger partial charge in [0.1, 0.15) is 23.4 Å². The van der Waals surface area contributed by atoms with Crippen molar-refractivity contribution in [1.29, 1.82) is 0 Å². The Balaban J connectivity index is 3.48. The lowest BCUT2D eigenvalue weighted by atomic mass is 9.99. The molecule has 2 unspecified atom stereocenters. The summed E-state index contributed by atoms with van der Waals surface area (Å²) < 4.78 is 5.37. The van der Waals surface area contributed by atoms with Gasteiger partial charge in [0, 0.05) is 18.5 Å². The molecular formula is C30H50N4O6. The van der Waals surface area contributed by atoms with E-state index in [9.17, 15) is 24.3 Å². The van der Waals surface area contributed by atoms with E-state index in [1.165, 1.54) is 17.0 Å². The number of ether oxygens (including phenoxy) is 1. The molecule has 40 heavy (non-hydrogen) atoms. The number of carbonyl (C=O) groups is 4. The van der Waals surface area contributed by atoms with Crippen molar-refractivity contribution in [2.45, 2.75) is 123 Å². The number of amides is 4. The van der Waals surface area contributed by atoms with Gasteiger partial charge >= 0.3 is 6.09 Å². The second-order valence-corrected chi connectivity index (χ2v) is 12.2. The van der Waals surface area contributed by atoms with E-state index in [4.69, 9.17) is 10.5 Å². The van der Waals surface area contributed by atoms with Gasteiger partial charge in [-0.3, -0.25) is 14.4 Å². The molecule has 4 amide bonds. The normalized spacial score (nSPS) is 13.2. The first-order chi connectivity index (χ1) is 18.5. The Morgan fingerprint density at radius 3 is 2.05 bits per heavy atom. The fourth-order valence-corrected chi connectivity index (χ4v) is 4.19. The fraction of sp³-hybridized carbons (Fsp3) is 0.667. The number of carbonyl (C=O) groups excluding carboxylic acids is 4. The number of phenols is 1. The van der Waals surface area contributed by atoms with Crippen LogP contribution in [0.1, 0.15) is 111 Å². The van der Waals surface area contributed by atoms with Gasteiger partial charge in [-0.1, -0.05) is 51.2 Å². The van der Waals surface area contributed by atoms with E-state index in [0.29, 0.717) is 12.0 Å². The van der Waals surface area contributed by atoms with Crippen LogP contribution in [0.25, 0.3) is 0 Å². The summed E-state index contributed by atoms with van der Waals surface area (Å²) in [6, 6.07) is 3.93. The SMILES string of the molecule is CCCCCCCCN(C(=O)C(CCC(N)=O)NC(=O)OC(C)(C)C)C(C(=O)NC(C)(C)C)c1ccc(O)cc1. The number of benzene rings is 1. The van der Waals surface area contributed by atoms with Gasteiger partial charge in [-0.15, -0.1) is 0 Å². The zero-order valence-corrected chi connectivity index (χ0v) is 25.3. The predicted octanol–water partition coefficient (Wildman–Crippen LogP) is 4.70. The molecule has 226 valence electrons. The number of nitrogens with two attached hydrogens (primary N) is 1. The molecule has 1 aromatic rings. The highest BCUT2D eigenvalue weighted by molar-refractivity contribution is 5.92. The molecule has 0 aliphatic carbocycles. The lowest BCUT2D eigenvalue weighted by Gasteiger charge is -2.36. The Kier molecular flexibility index (Phi) is 14.0. The maximum absolute atomic E-state index is 14.1. The monoisotopic (exact) mass is 562 g/mol. The number of hydrogen-bond acceptors (Lipinski definition) is 6. The standard InChI is InChI=1S/C30H50N4O6/c1-8-9-10-11-12-13-20-34(25(26(37)33-29(2,3)4)21-14-16-22(35)17-15-21)27(38)23(18-19-24(31)36)32-28(39)40-30(5,6)7/h14-17,23,25,35H,8-13,18-20H2,1-7H3,(H2,31,36)(H,32,39)(H,33,37). The summed E-state index contributed by atoms with van der Waals surface area (Å²) in [5, 5.41) is 15.4. The van der Waals surface area contributed by atoms with Crippen molar-refractivity contribution < 1.29 is 29.0 Å². The van der Waals surface area contributed by atoms with Crippen LogP contribution in [0, 0.1) is 0 Å². The summed E-state index contributed by atoms with van der Waals surface area (Å²) in [6.07, 6.45) is 4.81. The average molecular weight is 563 g/mol. The number of unbranched alkanes of at least 4 members (excludes halogenated alkanes) is 5. The molecule has 10 heteroatoms. The first-order valence-electron chi connectivity index (χ1n) is 14.2. The topological polar surface area (TPSA) is 151 Å². The Morgan fingerprint density at radius 1 is 0.950 bits per heavy atom. The molecule has 1 aromatic carbocycles. The van der Waals surface area contributed by atoms with Gasteiger partial charge in [0.25, 0.3) is 0 Å². The number of hydrogen-bond donors (Lipinski definition) is 4. The molecule has 5 N–H and O–H groups in total. The van der Waals surface area contributed by atoms with E-state index < -0.39 is 47.0 Å². The van der Waals surface area contributed by atoms with E-state index in [1.54, 1.807) is 32.9 Å². The number of alkyl carbamates (subject to hydrolysis) is 1. The maximum atomic E-state index is 14.1. The minimum absolute atomic E-state index is 0.0263. The third-order valence-corrected chi connectivity index (χ3v) is 5.97. The van der Waals surface area contributed by atoms with Gasteiger partial charge in [-0.25, -0.2) is 4.79 Å². The highest BCUT2D eigenvalue weighted by atomic mass is 16.6. The van der Waals surface area contributed by atoms with Crippen molar-refractivity contribution in [3.05, 3.63) is 29.8 Å². The van der Waals surface area contributed by atoms with Crippen molar-refractivity contribution in [2.75, 3.05) is 6.54 Å². The van der Waals surface area contributed by atoms with Gasteiger partial charge < -0.3 is 31.1 Å². The second-order valence-electron chi connectivity index (χ2n) is 12.2. The Morgan fingerprint density at radius 2 is 1.52 bits per heavy atom. The minimum Gasteiger partial charge on any atom is -0.508 e. The summed E-state index contributed by atoms with van der Waals surface area (Å²) in [5.74, 6) is -1.52. The number of rotatable bonds is 15. The largest absolute Gasteiger partial charge is 0.508 e. The molecule has 0 radical (unpaired) electrons.